The zero-order valence-corrected chi connectivity index (χ0v) is 24.4. The van der Waals surface area contributed by atoms with Crippen LogP contribution in [0.25, 0.3) is 0 Å². The number of carbonyl (C=O) groups is 3. The van der Waals surface area contributed by atoms with Crippen LogP contribution in [-0.2, 0) is 42.8 Å². The highest BCUT2D eigenvalue weighted by molar-refractivity contribution is 9.09. The van der Waals surface area contributed by atoms with Crippen molar-refractivity contribution in [2.24, 2.45) is 5.41 Å². The fraction of sp³-hybridized carbons (Fsp3) is 0.857. The third kappa shape index (κ3) is 16.1. The van der Waals surface area contributed by atoms with E-state index in [1.165, 1.54) is 0 Å². The predicted octanol–water partition coefficient (Wildman–Crippen LogP) is 4.46. The summed E-state index contributed by atoms with van der Waals surface area (Å²) in [6.07, 6.45) is -1.06. The molecule has 0 aliphatic heterocycles. The maximum atomic E-state index is 11.7. The number of rotatable bonds is 19. The number of alkyl halides is 3. The molecule has 0 heterocycles. The SMILES string of the molecule is CCC(COC(C)OC(=O)CCBr)(COC(C)OC(=O)CCBr)COC(C)OC(=O)CCBr. The molecule has 12 heteroatoms. The molecule has 0 N–H and O–H groups in total. The van der Waals surface area contributed by atoms with Crippen LogP contribution < -0.4 is 0 Å². The van der Waals surface area contributed by atoms with Crippen LogP contribution in [-0.4, -0.2) is 72.6 Å². The van der Waals surface area contributed by atoms with Crippen LogP contribution in [0, 0.1) is 5.41 Å². The highest BCUT2D eigenvalue weighted by Gasteiger charge is 2.33. The molecule has 9 nitrogen and oxygen atoms in total. The number of carbonyl (C=O) groups excluding carboxylic acids is 3. The molecule has 0 aromatic carbocycles. The minimum Gasteiger partial charge on any atom is -0.436 e. The lowest BCUT2D eigenvalue weighted by atomic mass is 9.88. The number of ether oxygens (including phenoxy) is 6. The van der Waals surface area contributed by atoms with E-state index in [4.69, 9.17) is 28.4 Å². The largest absolute Gasteiger partial charge is 0.436 e. The van der Waals surface area contributed by atoms with E-state index in [1.54, 1.807) is 20.8 Å². The lowest BCUT2D eigenvalue weighted by molar-refractivity contribution is -0.213. The van der Waals surface area contributed by atoms with Crippen LogP contribution in [0.15, 0.2) is 0 Å². The van der Waals surface area contributed by atoms with Crippen molar-refractivity contribution in [3.63, 3.8) is 0 Å². The Morgan fingerprint density at radius 1 is 0.636 bits per heavy atom. The zero-order chi connectivity index (χ0) is 25.3. The first-order chi connectivity index (χ1) is 15.6. The first kappa shape index (κ1) is 32.7. The van der Waals surface area contributed by atoms with E-state index in [9.17, 15) is 14.4 Å². The van der Waals surface area contributed by atoms with E-state index in [0.29, 0.717) is 22.4 Å². The van der Waals surface area contributed by atoms with Gasteiger partial charge in [0.05, 0.1) is 39.1 Å². The van der Waals surface area contributed by atoms with Crippen molar-refractivity contribution in [3.8, 4) is 0 Å². The number of halogens is 3. The minimum absolute atomic E-state index is 0.135. The van der Waals surface area contributed by atoms with Crippen LogP contribution in [0.1, 0.15) is 53.4 Å². The topological polar surface area (TPSA) is 107 Å². The standard InChI is InChI=1S/C21H35Br3O9/c1-5-21(12-28-15(2)31-18(25)6-9-22,13-29-16(3)32-19(26)7-10-23)14-30-17(4)33-20(27)8-11-24/h15-17H,5-14H2,1-4H3. The van der Waals surface area contributed by atoms with E-state index >= 15 is 0 Å². The highest BCUT2D eigenvalue weighted by atomic mass is 79.9. The molecule has 0 aliphatic rings. The van der Waals surface area contributed by atoms with Gasteiger partial charge in [0.15, 0.2) is 18.9 Å². The minimum atomic E-state index is -0.772. The average molecular weight is 671 g/mol. The van der Waals surface area contributed by atoms with Gasteiger partial charge in [0.1, 0.15) is 0 Å². The zero-order valence-electron chi connectivity index (χ0n) is 19.6. The van der Waals surface area contributed by atoms with Gasteiger partial charge in [-0.3, -0.25) is 14.4 Å². The molecule has 3 unspecified atom stereocenters. The van der Waals surface area contributed by atoms with Gasteiger partial charge in [-0.15, -0.1) is 0 Å². The van der Waals surface area contributed by atoms with Gasteiger partial charge in [-0.2, -0.15) is 0 Å². The van der Waals surface area contributed by atoms with Gasteiger partial charge < -0.3 is 28.4 Å². The predicted molar refractivity (Wildman–Crippen MR) is 132 cm³/mol. The van der Waals surface area contributed by atoms with E-state index in [0.717, 1.165) is 0 Å². The molecule has 0 saturated heterocycles. The lowest BCUT2D eigenvalue weighted by Crippen LogP contribution is -2.41. The van der Waals surface area contributed by atoms with Gasteiger partial charge in [0, 0.05) is 21.4 Å². The smallest absolute Gasteiger partial charge is 0.308 e. The van der Waals surface area contributed by atoms with Gasteiger partial charge in [0.25, 0.3) is 0 Å². The Kier molecular flexibility index (Phi) is 18.8. The second kappa shape index (κ2) is 19.0. The second-order valence-electron chi connectivity index (χ2n) is 7.28. The Labute approximate surface area is 221 Å². The van der Waals surface area contributed by atoms with Crippen molar-refractivity contribution >= 4 is 65.7 Å². The summed E-state index contributed by atoms with van der Waals surface area (Å²) in [6.45, 7) is 7.22. The Hall–Kier alpha value is -0.270. The Bertz CT molecular complexity index is 503. The molecule has 0 aliphatic carbocycles. The summed E-state index contributed by atoms with van der Waals surface area (Å²) in [7, 11) is 0. The average Bonchev–Trinajstić information content (AvgIpc) is 2.74. The van der Waals surface area contributed by atoms with Crippen molar-refractivity contribution in [1.82, 2.24) is 0 Å². The summed E-state index contributed by atoms with van der Waals surface area (Å²) < 4.78 is 33.0. The van der Waals surface area contributed by atoms with E-state index in [2.05, 4.69) is 47.8 Å². The van der Waals surface area contributed by atoms with E-state index in [-0.39, 0.29) is 57.0 Å². The molecule has 0 aromatic rings. The van der Waals surface area contributed by atoms with Crippen molar-refractivity contribution in [2.75, 3.05) is 35.8 Å². The molecule has 0 radical (unpaired) electrons. The third-order valence-electron chi connectivity index (χ3n) is 4.41. The fourth-order valence-electron chi connectivity index (χ4n) is 2.38. The van der Waals surface area contributed by atoms with Crippen LogP contribution in [0.5, 0.6) is 0 Å². The van der Waals surface area contributed by atoms with E-state index < -0.39 is 24.3 Å². The number of esters is 3. The van der Waals surface area contributed by atoms with Gasteiger partial charge in [-0.05, 0) is 27.2 Å². The molecule has 0 bridgehead atoms. The Balaban J connectivity index is 5.09. The summed E-state index contributed by atoms with van der Waals surface area (Å²) in [4.78, 5) is 35.1. The molecular weight excluding hydrogens is 636 g/mol. The van der Waals surface area contributed by atoms with Gasteiger partial charge in [-0.25, -0.2) is 0 Å². The van der Waals surface area contributed by atoms with Gasteiger partial charge in [0.2, 0.25) is 0 Å². The van der Waals surface area contributed by atoms with Crippen LogP contribution in [0.2, 0.25) is 0 Å². The fourth-order valence-corrected chi connectivity index (χ4v) is 3.35. The summed E-state index contributed by atoms with van der Waals surface area (Å²) in [6, 6.07) is 0. The van der Waals surface area contributed by atoms with Crippen molar-refractivity contribution in [3.05, 3.63) is 0 Å². The first-order valence-electron chi connectivity index (χ1n) is 10.7. The number of hydrogen-bond acceptors (Lipinski definition) is 9. The molecule has 0 amide bonds. The van der Waals surface area contributed by atoms with Gasteiger partial charge in [-0.1, -0.05) is 54.7 Å². The quantitative estimate of drug-likeness (QED) is 0.0853. The van der Waals surface area contributed by atoms with E-state index in [1.807, 2.05) is 6.92 Å². The molecule has 0 aromatic heterocycles. The maximum Gasteiger partial charge on any atom is 0.308 e. The van der Waals surface area contributed by atoms with Crippen LogP contribution >= 0.6 is 47.8 Å². The number of hydrogen-bond donors (Lipinski definition) is 0. The molecule has 0 rings (SSSR count). The molecule has 33 heavy (non-hydrogen) atoms. The third-order valence-corrected chi connectivity index (χ3v) is 5.60. The molecule has 3 atom stereocenters. The lowest BCUT2D eigenvalue weighted by Gasteiger charge is -2.34. The first-order valence-corrected chi connectivity index (χ1v) is 14.1. The molecule has 0 fully saturated rings. The molecule has 0 spiro atoms. The summed E-state index contributed by atoms with van der Waals surface area (Å²) in [5, 5.41) is 1.49. The van der Waals surface area contributed by atoms with Crippen molar-refractivity contribution in [1.29, 1.82) is 0 Å². The molecule has 194 valence electrons. The molecular formula is C21H35Br3O9. The highest BCUT2D eigenvalue weighted by Crippen LogP contribution is 2.26. The maximum absolute atomic E-state index is 11.7. The van der Waals surface area contributed by atoms with Crippen molar-refractivity contribution < 1.29 is 42.8 Å². The second-order valence-corrected chi connectivity index (χ2v) is 9.65. The Morgan fingerprint density at radius 2 is 0.909 bits per heavy atom. The van der Waals surface area contributed by atoms with Crippen LogP contribution in [0.4, 0.5) is 0 Å². The van der Waals surface area contributed by atoms with Crippen molar-refractivity contribution in [2.45, 2.75) is 72.2 Å². The molecule has 0 saturated carbocycles. The summed E-state index contributed by atoms with van der Waals surface area (Å²) in [5.41, 5.74) is -0.678. The van der Waals surface area contributed by atoms with Gasteiger partial charge >= 0.3 is 17.9 Å². The normalized spacial score (nSPS) is 15.7. The summed E-state index contributed by atoms with van der Waals surface area (Å²) in [5.74, 6) is -1.14. The summed E-state index contributed by atoms with van der Waals surface area (Å²) >= 11 is 9.57. The van der Waals surface area contributed by atoms with Crippen LogP contribution in [0.3, 0.4) is 0 Å². The Morgan fingerprint density at radius 3 is 1.12 bits per heavy atom. The monoisotopic (exact) mass is 668 g/mol.